The molecule has 146 valence electrons. The Kier molecular flexibility index (Phi) is 5.06. The molecule has 0 aliphatic carbocycles. The van der Waals surface area contributed by atoms with Crippen molar-refractivity contribution in [3.05, 3.63) is 54.1 Å². The van der Waals surface area contributed by atoms with Gasteiger partial charge in [-0.3, -0.25) is 14.6 Å². The van der Waals surface area contributed by atoms with E-state index < -0.39 is 5.60 Å². The molecule has 2 aromatic rings. The van der Waals surface area contributed by atoms with Crippen LogP contribution in [0.1, 0.15) is 16.2 Å². The van der Waals surface area contributed by atoms with Crippen LogP contribution >= 0.6 is 0 Å². The molecule has 1 atom stereocenters. The molecule has 0 radical (unpaired) electrons. The van der Waals surface area contributed by atoms with Crippen LogP contribution in [-0.2, 0) is 14.3 Å². The summed E-state index contributed by atoms with van der Waals surface area (Å²) < 4.78 is 11.7. The predicted octanol–water partition coefficient (Wildman–Crippen LogP) is 1.06. The van der Waals surface area contributed by atoms with Gasteiger partial charge in [0, 0.05) is 18.4 Å². The summed E-state index contributed by atoms with van der Waals surface area (Å²) in [5, 5.41) is 0. The lowest BCUT2D eigenvalue weighted by atomic mass is 10.0. The molecule has 0 N–H and O–H groups in total. The van der Waals surface area contributed by atoms with Gasteiger partial charge in [-0.05, 0) is 19.1 Å². The second-order valence-electron chi connectivity index (χ2n) is 7.11. The van der Waals surface area contributed by atoms with Crippen LogP contribution in [0.25, 0.3) is 0 Å². The number of rotatable bonds is 2. The summed E-state index contributed by atoms with van der Waals surface area (Å²) in [6.45, 7) is 3.48. The number of hydrogen-bond acceptors (Lipinski definition) is 6. The molecule has 1 aromatic carbocycles. The van der Waals surface area contributed by atoms with Crippen LogP contribution in [0.5, 0.6) is 0 Å². The highest BCUT2D eigenvalue weighted by Crippen LogP contribution is 2.27. The Bertz CT molecular complexity index is 876. The number of hydrogen-bond donors (Lipinski definition) is 0. The van der Waals surface area contributed by atoms with Crippen LogP contribution in [-0.4, -0.2) is 71.7 Å². The van der Waals surface area contributed by atoms with Gasteiger partial charge in [0.2, 0.25) is 0 Å². The van der Waals surface area contributed by atoms with Gasteiger partial charge in [-0.2, -0.15) is 0 Å². The maximum atomic E-state index is 12.9. The van der Waals surface area contributed by atoms with E-state index >= 15 is 0 Å². The highest BCUT2D eigenvalue weighted by atomic mass is 16.5. The van der Waals surface area contributed by atoms with Crippen molar-refractivity contribution in [3.8, 4) is 0 Å². The van der Waals surface area contributed by atoms with E-state index in [1.807, 2.05) is 30.3 Å². The van der Waals surface area contributed by atoms with Crippen molar-refractivity contribution < 1.29 is 19.1 Å². The molecule has 2 aliphatic heterocycles. The number of ether oxygens (including phenoxy) is 2. The van der Waals surface area contributed by atoms with Crippen LogP contribution in [0.15, 0.2) is 42.7 Å². The highest BCUT2D eigenvalue weighted by molar-refractivity contribution is 5.95. The third kappa shape index (κ3) is 3.74. The van der Waals surface area contributed by atoms with Gasteiger partial charge in [0.15, 0.2) is 0 Å². The first-order valence-electron chi connectivity index (χ1n) is 9.21. The van der Waals surface area contributed by atoms with Crippen molar-refractivity contribution in [2.75, 3.05) is 44.4 Å². The number of aryl methyl sites for hydroxylation is 1. The number of morpholine rings is 1. The van der Waals surface area contributed by atoms with Crippen molar-refractivity contribution in [2.24, 2.45) is 0 Å². The first-order chi connectivity index (χ1) is 13.6. The molecule has 2 fully saturated rings. The molecule has 1 spiro atoms. The summed E-state index contributed by atoms with van der Waals surface area (Å²) >= 11 is 0. The third-order valence-corrected chi connectivity index (χ3v) is 4.92. The van der Waals surface area contributed by atoms with E-state index in [2.05, 4.69) is 9.97 Å². The molecule has 3 heterocycles. The fourth-order valence-electron chi connectivity index (χ4n) is 3.60. The number of benzene rings is 1. The number of para-hydroxylation sites is 1. The molecule has 0 bridgehead atoms. The average molecular weight is 382 g/mol. The Morgan fingerprint density at radius 2 is 2.00 bits per heavy atom. The van der Waals surface area contributed by atoms with Crippen molar-refractivity contribution in [3.63, 3.8) is 0 Å². The summed E-state index contributed by atoms with van der Waals surface area (Å²) in [7, 11) is 0. The zero-order chi connectivity index (χ0) is 19.6. The van der Waals surface area contributed by atoms with Gasteiger partial charge in [0.1, 0.15) is 17.9 Å². The smallest absolute Gasteiger partial charge is 0.274 e. The van der Waals surface area contributed by atoms with Crippen LogP contribution < -0.4 is 4.90 Å². The Morgan fingerprint density at radius 3 is 2.79 bits per heavy atom. The summed E-state index contributed by atoms with van der Waals surface area (Å²) in [5.74, 6) is -0.319. The molecule has 4 rings (SSSR count). The topological polar surface area (TPSA) is 84.9 Å². The Labute approximate surface area is 163 Å². The molecule has 0 saturated carbocycles. The van der Waals surface area contributed by atoms with E-state index in [1.54, 1.807) is 22.9 Å². The summed E-state index contributed by atoms with van der Waals surface area (Å²) in [4.78, 5) is 37.2. The first kappa shape index (κ1) is 18.5. The van der Waals surface area contributed by atoms with Gasteiger partial charge in [0.05, 0.1) is 38.2 Å². The lowest BCUT2D eigenvalue weighted by molar-refractivity contribution is -0.128. The van der Waals surface area contributed by atoms with Crippen molar-refractivity contribution in [1.82, 2.24) is 14.9 Å². The van der Waals surface area contributed by atoms with E-state index in [9.17, 15) is 9.59 Å². The molecule has 2 amide bonds. The van der Waals surface area contributed by atoms with Gasteiger partial charge >= 0.3 is 0 Å². The number of anilines is 1. The van der Waals surface area contributed by atoms with E-state index in [-0.39, 0.29) is 25.0 Å². The second kappa shape index (κ2) is 7.65. The van der Waals surface area contributed by atoms with Crippen molar-refractivity contribution in [2.45, 2.75) is 12.5 Å². The van der Waals surface area contributed by atoms with E-state index in [0.717, 1.165) is 5.69 Å². The van der Waals surface area contributed by atoms with Crippen LogP contribution in [0, 0.1) is 6.92 Å². The van der Waals surface area contributed by atoms with Gasteiger partial charge < -0.3 is 19.3 Å². The molecule has 1 aromatic heterocycles. The molecule has 2 aliphatic rings. The molecule has 8 heteroatoms. The van der Waals surface area contributed by atoms with Crippen LogP contribution in [0.2, 0.25) is 0 Å². The quantitative estimate of drug-likeness (QED) is 0.772. The fraction of sp³-hybridized carbons (Fsp3) is 0.400. The Morgan fingerprint density at radius 1 is 1.18 bits per heavy atom. The van der Waals surface area contributed by atoms with Crippen molar-refractivity contribution in [1.29, 1.82) is 0 Å². The largest absolute Gasteiger partial charge is 0.368 e. The van der Waals surface area contributed by atoms with Gasteiger partial charge in [0.25, 0.3) is 11.8 Å². The summed E-state index contributed by atoms with van der Waals surface area (Å²) in [5.41, 5.74) is 0.997. The molecular formula is C20H22N4O4. The second-order valence-corrected chi connectivity index (χ2v) is 7.11. The molecule has 1 unspecified atom stereocenters. The van der Waals surface area contributed by atoms with Crippen molar-refractivity contribution >= 4 is 17.5 Å². The fourth-order valence-corrected chi connectivity index (χ4v) is 3.60. The van der Waals surface area contributed by atoms with Gasteiger partial charge in [-0.1, -0.05) is 18.2 Å². The maximum Gasteiger partial charge on any atom is 0.274 e. The predicted molar refractivity (Wildman–Crippen MR) is 101 cm³/mol. The normalized spacial score (nSPS) is 23.0. The molecular weight excluding hydrogens is 360 g/mol. The van der Waals surface area contributed by atoms with Gasteiger partial charge in [-0.15, -0.1) is 0 Å². The SMILES string of the molecule is Cc1cncc(C(=O)N2CCOC3(COCC(=O)N(c4ccccc4)C3)C2)n1. The monoisotopic (exact) mass is 382 g/mol. The first-order valence-corrected chi connectivity index (χ1v) is 9.21. The molecule has 28 heavy (non-hydrogen) atoms. The zero-order valence-electron chi connectivity index (χ0n) is 15.7. The Balaban J connectivity index is 1.57. The molecule has 8 nitrogen and oxygen atoms in total. The minimum atomic E-state index is -0.785. The van der Waals surface area contributed by atoms with Crippen LogP contribution in [0.3, 0.4) is 0 Å². The lowest BCUT2D eigenvalue weighted by Gasteiger charge is -2.43. The molecule has 2 saturated heterocycles. The average Bonchev–Trinajstić information content (AvgIpc) is 2.87. The van der Waals surface area contributed by atoms with Crippen LogP contribution in [0.4, 0.5) is 5.69 Å². The number of nitrogens with zero attached hydrogens (tertiary/aromatic N) is 4. The lowest BCUT2D eigenvalue weighted by Crippen LogP contribution is -2.60. The standard InChI is InChI=1S/C20H22N4O4/c1-15-9-21-10-17(22-15)19(26)23-7-8-28-20(12-23)13-24(18(25)11-27-14-20)16-5-3-2-4-6-16/h2-6,9-10H,7-8,11-14H2,1H3. The third-order valence-electron chi connectivity index (χ3n) is 4.92. The minimum absolute atomic E-state index is 0.0166. The number of carbonyl (C=O) groups excluding carboxylic acids is 2. The minimum Gasteiger partial charge on any atom is -0.368 e. The number of amides is 2. The Hall–Kier alpha value is -2.84. The number of carbonyl (C=O) groups is 2. The highest BCUT2D eigenvalue weighted by Gasteiger charge is 2.43. The van der Waals surface area contributed by atoms with E-state index in [1.165, 1.54) is 6.20 Å². The maximum absolute atomic E-state index is 12.9. The van der Waals surface area contributed by atoms with E-state index in [4.69, 9.17) is 9.47 Å². The summed E-state index contributed by atoms with van der Waals surface area (Å²) in [6, 6.07) is 9.43. The van der Waals surface area contributed by atoms with Gasteiger partial charge in [-0.25, -0.2) is 4.98 Å². The van der Waals surface area contributed by atoms with E-state index in [0.29, 0.717) is 37.6 Å². The zero-order valence-corrected chi connectivity index (χ0v) is 15.7. The number of aromatic nitrogens is 2. The summed E-state index contributed by atoms with van der Waals surface area (Å²) in [6.07, 6.45) is 3.08.